The molecule has 2 N–H and O–H groups in total. The third-order valence-electron chi connectivity index (χ3n) is 5.34. The van der Waals surface area contributed by atoms with E-state index in [4.69, 9.17) is 4.74 Å². The van der Waals surface area contributed by atoms with E-state index in [0.29, 0.717) is 6.42 Å². The molecule has 144 valence electrons. The lowest BCUT2D eigenvalue weighted by molar-refractivity contribution is -0.148. The van der Waals surface area contributed by atoms with E-state index in [1.165, 1.54) is 11.1 Å². The minimum Gasteiger partial charge on any atom is -0.456 e. The third-order valence-corrected chi connectivity index (χ3v) is 5.34. The Labute approximate surface area is 164 Å². The van der Waals surface area contributed by atoms with Gasteiger partial charge in [-0.2, -0.15) is 0 Å². The van der Waals surface area contributed by atoms with Crippen LogP contribution in [0, 0.1) is 0 Å². The smallest absolute Gasteiger partial charge is 0.306 e. The van der Waals surface area contributed by atoms with Crippen molar-refractivity contribution in [3.05, 3.63) is 71.4 Å². The van der Waals surface area contributed by atoms with Crippen LogP contribution < -0.4 is 5.32 Å². The average molecular weight is 376 g/mol. The molecule has 2 aromatic carbocycles. The zero-order chi connectivity index (χ0) is 19.3. The number of rotatable bonds is 6. The van der Waals surface area contributed by atoms with Crippen molar-refractivity contribution in [2.24, 2.45) is 0 Å². The van der Waals surface area contributed by atoms with E-state index in [-0.39, 0.29) is 30.9 Å². The first-order valence-electron chi connectivity index (χ1n) is 9.78. The predicted molar refractivity (Wildman–Crippen MR) is 108 cm³/mol. The molecule has 1 aliphatic carbocycles. The number of H-pyrrole nitrogens is 1. The number of amides is 1. The molecule has 1 amide bonds. The summed E-state index contributed by atoms with van der Waals surface area (Å²) >= 11 is 0. The summed E-state index contributed by atoms with van der Waals surface area (Å²) in [5, 5.41) is 4.12. The van der Waals surface area contributed by atoms with Crippen molar-refractivity contribution in [3.63, 3.8) is 0 Å². The summed E-state index contributed by atoms with van der Waals surface area (Å²) in [6, 6.07) is 16.2. The Kier molecular flexibility index (Phi) is 5.42. The van der Waals surface area contributed by atoms with Gasteiger partial charge >= 0.3 is 5.97 Å². The molecule has 4 rings (SSSR count). The van der Waals surface area contributed by atoms with E-state index in [9.17, 15) is 9.59 Å². The Morgan fingerprint density at radius 2 is 1.93 bits per heavy atom. The monoisotopic (exact) mass is 376 g/mol. The topological polar surface area (TPSA) is 71.2 Å². The number of nitrogens with one attached hydrogen (secondary N) is 2. The van der Waals surface area contributed by atoms with Gasteiger partial charge in [0, 0.05) is 23.5 Å². The van der Waals surface area contributed by atoms with Gasteiger partial charge in [0.05, 0.1) is 6.04 Å². The summed E-state index contributed by atoms with van der Waals surface area (Å²) in [6.07, 6.45) is 5.77. The number of hydrogen-bond donors (Lipinski definition) is 2. The van der Waals surface area contributed by atoms with E-state index in [0.717, 1.165) is 35.7 Å². The molecule has 0 aliphatic heterocycles. The van der Waals surface area contributed by atoms with Crippen LogP contribution in [0.3, 0.4) is 0 Å². The quantitative estimate of drug-likeness (QED) is 0.642. The van der Waals surface area contributed by atoms with Gasteiger partial charge in [0.1, 0.15) is 0 Å². The molecule has 28 heavy (non-hydrogen) atoms. The number of aromatic nitrogens is 1. The van der Waals surface area contributed by atoms with Crippen LogP contribution in [0.4, 0.5) is 0 Å². The van der Waals surface area contributed by atoms with Crippen LogP contribution in [-0.4, -0.2) is 23.5 Å². The van der Waals surface area contributed by atoms with Crippen LogP contribution in [0.1, 0.15) is 42.0 Å². The maximum Gasteiger partial charge on any atom is 0.306 e. The van der Waals surface area contributed by atoms with Gasteiger partial charge in [-0.15, -0.1) is 0 Å². The minimum atomic E-state index is -0.357. The lowest BCUT2D eigenvalue weighted by Gasteiger charge is -2.26. The number of carbonyl (C=O) groups excluding carboxylic acids is 2. The van der Waals surface area contributed by atoms with Crippen LogP contribution >= 0.6 is 0 Å². The molecule has 0 fully saturated rings. The second-order valence-electron chi connectivity index (χ2n) is 7.23. The Bertz CT molecular complexity index is 992. The van der Waals surface area contributed by atoms with Crippen molar-refractivity contribution < 1.29 is 14.3 Å². The molecule has 1 aliphatic rings. The van der Waals surface area contributed by atoms with Gasteiger partial charge in [0.25, 0.3) is 5.91 Å². The Hall–Kier alpha value is -3.08. The molecule has 3 aromatic rings. The number of para-hydroxylation sites is 1. The highest BCUT2D eigenvalue weighted by Crippen LogP contribution is 2.29. The van der Waals surface area contributed by atoms with Crippen molar-refractivity contribution in [1.29, 1.82) is 0 Å². The first-order valence-corrected chi connectivity index (χ1v) is 9.78. The first kappa shape index (κ1) is 18.3. The van der Waals surface area contributed by atoms with Crippen molar-refractivity contribution in [2.45, 2.75) is 38.1 Å². The molecule has 5 nitrogen and oxygen atoms in total. The fraction of sp³-hybridized carbons (Fsp3) is 0.304. The van der Waals surface area contributed by atoms with Gasteiger partial charge in [0.2, 0.25) is 0 Å². The largest absolute Gasteiger partial charge is 0.456 e. The second kappa shape index (κ2) is 8.30. The number of aryl methyl sites for hydroxylation is 2. The zero-order valence-electron chi connectivity index (χ0n) is 15.7. The SMILES string of the molecule is O=C(COC(=O)CCc1c[nH]c2ccccc12)N[C@H]1CCCc2ccccc21. The molecule has 1 heterocycles. The maximum atomic E-state index is 12.2. The van der Waals surface area contributed by atoms with E-state index >= 15 is 0 Å². The van der Waals surface area contributed by atoms with Crippen molar-refractivity contribution in [3.8, 4) is 0 Å². The van der Waals surface area contributed by atoms with Gasteiger partial charge in [-0.1, -0.05) is 42.5 Å². The summed E-state index contributed by atoms with van der Waals surface area (Å²) < 4.78 is 5.18. The maximum absolute atomic E-state index is 12.2. The number of ether oxygens (including phenoxy) is 1. The predicted octanol–water partition coefficient (Wildman–Crippen LogP) is 3.84. The Morgan fingerprint density at radius 3 is 2.86 bits per heavy atom. The average Bonchev–Trinajstić information content (AvgIpc) is 3.14. The lowest BCUT2D eigenvalue weighted by Crippen LogP contribution is -2.34. The van der Waals surface area contributed by atoms with Gasteiger partial charge in [-0.05, 0) is 48.4 Å². The first-order chi connectivity index (χ1) is 13.7. The highest BCUT2D eigenvalue weighted by atomic mass is 16.5. The normalized spacial score (nSPS) is 15.8. The summed E-state index contributed by atoms with van der Waals surface area (Å²) in [4.78, 5) is 27.5. The van der Waals surface area contributed by atoms with E-state index in [2.05, 4.69) is 22.4 Å². The van der Waals surface area contributed by atoms with E-state index < -0.39 is 0 Å². The van der Waals surface area contributed by atoms with Crippen LogP contribution in [0.5, 0.6) is 0 Å². The standard InChI is InChI=1S/C23H24N2O3/c26-22(25-21-11-5-7-16-6-1-2-8-18(16)21)15-28-23(27)13-12-17-14-24-20-10-4-3-9-19(17)20/h1-4,6,8-10,14,21,24H,5,7,11-13,15H2,(H,25,26)/t21-/m0/s1. The third kappa shape index (κ3) is 4.09. The van der Waals surface area contributed by atoms with Gasteiger partial charge in [-0.3, -0.25) is 9.59 Å². The van der Waals surface area contributed by atoms with Crippen molar-refractivity contribution >= 4 is 22.8 Å². The van der Waals surface area contributed by atoms with Gasteiger partial charge in [-0.25, -0.2) is 0 Å². The summed E-state index contributed by atoms with van der Waals surface area (Å²) in [7, 11) is 0. The molecule has 1 aromatic heterocycles. The molecule has 0 spiro atoms. The highest BCUT2D eigenvalue weighted by Gasteiger charge is 2.21. The number of fused-ring (bicyclic) bond motifs is 2. The van der Waals surface area contributed by atoms with Crippen LogP contribution in [0.15, 0.2) is 54.7 Å². The number of aromatic amines is 1. The number of hydrogen-bond acceptors (Lipinski definition) is 3. The number of benzene rings is 2. The number of esters is 1. The minimum absolute atomic E-state index is 0.00220. The molecule has 5 heteroatoms. The number of carbonyl (C=O) groups is 2. The van der Waals surface area contributed by atoms with Crippen LogP contribution in [-0.2, 0) is 27.2 Å². The highest BCUT2D eigenvalue weighted by molar-refractivity contribution is 5.84. The molecule has 1 atom stereocenters. The van der Waals surface area contributed by atoms with Gasteiger partial charge in [0.15, 0.2) is 6.61 Å². The summed E-state index contributed by atoms with van der Waals surface area (Å²) in [5.41, 5.74) is 4.59. The Balaban J connectivity index is 1.25. The summed E-state index contributed by atoms with van der Waals surface area (Å²) in [5.74, 6) is -0.605. The molecule has 0 saturated carbocycles. The fourth-order valence-electron chi connectivity index (χ4n) is 3.93. The summed E-state index contributed by atoms with van der Waals surface area (Å²) in [6.45, 7) is -0.231. The second-order valence-corrected chi connectivity index (χ2v) is 7.23. The fourth-order valence-corrected chi connectivity index (χ4v) is 3.93. The van der Waals surface area contributed by atoms with E-state index in [1.807, 2.05) is 42.6 Å². The molecular formula is C23H24N2O3. The van der Waals surface area contributed by atoms with Crippen LogP contribution in [0.2, 0.25) is 0 Å². The van der Waals surface area contributed by atoms with Gasteiger partial charge < -0.3 is 15.0 Å². The molecule has 0 radical (unpaired) electrons. The zero-order valence-corrected chi connectivity index (χ0v) is 15.7. The molecular weight excluding hydrogens is 352 g/mol. The van der Waals surface area contributed by atoms with E-state index in [1.54, 1.807) is 0 Å². The molecule has 0 bridgehead atoms. The molecule has 0 unspecified atom stereocenters. The van der Waals surface area contributed by atoms with Crippen LogP contribution in [0.25, 0.3) is 10.9 Å². The lowest BCUT2D eigenvalue weighted by atomic mass is 9.88. The van der Waals surface area contributed by atoms with Crippen molar-refractivity contribution in [2.75, 3.05) is 6.61 Å². The Morgan fingerprint density at radius 1 is 1.11 bits per heavy atom. The van der Waals surface area contributed by atoms with Crippen molar-refractivity contribution in [1.82, 2.24) is 10.3 Å². The molecule has 0 saturated heterocycles.